The van der Waals surface area contributed by atoms with Gasteiger partial charge in [0.05, 0.1) is 0 Å². The maximum Gasteiger partial charge on any atom is 0.0431 e. The second-order valence-electron chi connectivity index (χ2n) is 4.32. The first-order chi connectivity index (χ1) is 7.27. The highest BCUT2D eigenvalue weighted by molar-refractivity contribution is 5.55. The number of pyridine rings is 1. The number of nitrogens with one attached hydrogen (secondary N) is 2. The van der Waals surface area contributed by atoms with E-state index in [0.717, 1.165) is 6.54 Å². The predicted octanol–water partition coefficient (Wildman–Crippen LogP) is 1.86. The van der Waals surface area contributed by atoms with Crippen LogP contribution in [0.15, 0.2) is 12.4 Å². The monoisotopic (exact) mass is 205 g/mol. The van der Waals surface area contributed by atoms with Crippen molar-refractivity contribution in [3.05, 3.63) is 23.5 Å². The van der Waals surface area contributed by atoms with E-state index in [-0.39, 0.29) is 0 Å². The van der Waals surface area contributed by atoms with Gasteiger partial charge in [-0.2, -0.15) is 0 Å². The normalized spacial score (nSPS) is 20.5. The molecular weight excluding hydrogens is 186 g/mol. The van der Waals surface area contributed by atoms with Crippen molar-refractivity contribution < 1.29 is 0 Å². The summed E-state index contributed by atoms with van der Waals surface area (Å²) in [6.45, 7) is 6.39. The van der Waals surface area contributed by atoms with Crippen LogP contribution in [-0.2, 0) is 0 Å². The van der Waals surface area contributed by atoms with Crippen molar-refractivity contribution in [3.8, 4) is 0 Å². The molecule has 1 aromatic rings. The Kier molecular flexibility index (Phi) is 3.21. The molecule has 3 nitrogen and oxygen atoms in total. The topological polar surface area (TPSA) is 37.0 Å². The maximum absolute atomic E-state index is 4.17. The Morgan fingerprint density at radius 1 is 1.40 bits per heavy atom. The second-order valence-corrected chi connectivity index (χ2v) is 4.32. The van der Waals surface area contributed by atoms with Crippen LogP contribution in [0.1, 0.15) is 24.0 Å². The Morgan fingerprint density at radius 3 is 2.73 bits per heavy atom. The Hall–Kier alpha value is -1.09. The number of aryl methyl sites for hydroxylation is 2. The Labute approximate surface area is 91.3 Å². The number of anilines is 1. The van der Waals surface area contributed by atoms with Crippen LogP contribution in [0.3, 0.4) is 0 Å². The lowest BCUT2D eigenvalue weighted by Gasteiger charge is -2.15. The van der Waals surface area contributed by atoms with Gasteiger partial charge in [-0.25, -0.2) is 0 Å². The third-order valence-corrected chi connectivity index (χ3v) is 3.01. The van der Waals surface area contributed by atoms with Gasteiger partial charge in [0, 0.05) is 30.7 Å². The molecule has 0 spiro atoms. The van der Waals surface area contributed by atoms with Crippen molar-refractivity contribution in [3.63, 3.8) is 0 Å². The lowest BCUT2D eigenvalue weighted by molar-refractivity contribution is 0.633. The number of rotatable bonds is 3. The molecule has 0 aliphatic carbocycles. The van der Waals surface area contributed by atoms with Gasteiger partial charge in [0.25, 0.3) is 0 Å². The minimum absolute atomic E-state index is 0.636. The summed E-state index contributed by atoms with van der Waals surface area (Å²) in [5, 5.41) is 7.01. The van der Waals surface area contributed by atoms with Gasteiger partial charge >= 0.3 is 0 Å². The molecule has 0 amide bonds. The minimum atomic E-state index is 0.636. The van der Waals surface area contributed by atoms with Crippen LogP contribution in [-0.4, -0.2) is 24.1 Å². The molecule has 1 aromatic heterocycles. The van der Waals surface area contributed by atoms with Crippen LogP contribution in [0.5, 0.6) is 0 Å². The Morgan fingerprint density at radius 2 is 2.13 bits per heavy atom. The SMILES string of the molecule is Cc1cncc(C)c1NCC1CCCN1. The molecule has 1 aliphatic rings. The highest BCUT2D eigenvalue weighted by Crippen LogP contribution is 2.18. The van der Waals surface area contributed by atoms with E-state index in [4.69, 9.17) is 0 Å². The van der Waals surface area contributed by atoms with Gasteiger partial charge in [0.15, 0.2) is 0 Å². The molecule has 1 saturated heterocycles. The van der Waals surface area contributed by atoms with Crippen LogP contribution in [0.2, 0.25) is 0 Å². The summed E-state index contributed by atoms with van der Waals surface area (Å²) in [4.78, 5) is 4.17. The van der Waals surface area contributed by atoms with Gasteiger partial charge < -0.3 is 10.6 Å². The third kappa shape index (κ3) is 2.48. The van der Waals surface area contributed by atoms with Crippen molar-refractivity contribution in [1.82, 2.24) is 10.3 Å². The molecule has 0 aromatic carbocycles. The van der Waals surface area contributed by atoms with E-state index in [9.17, 15) is 0 Å². The van der Waals surface area contributed by atoms with E-state index in [1.165, 1.54) is 36.2 Å². The standard InChI is InChI=1S/C12H19N3/c1-9-6-13-7-10(2)12(9)15-8-11-4-3-5-14-11/h6-7,11,14H,3-5,8H2,1-2H3,(H,13,15). The van der Waals surface area contributed by atoms with E-state index < -0.39 is 0 Å². The summed E-state index contributed by atoms with van der Waals surface area (Å²) < 4.78 is 0. The van der Waals surface area contributed by atoms with Crippen LogP contribution >= 0.6 is 0 Å². The molecular formula is C12H19N3. The summed E-state index contributed by atoms with van der Waals surface area (Å²) in [5.41, 5.74) is 3.71. The first-order valence-electron chi connectivity index (χ1n) is 5.66. The van der Waals surface area contributed by atoms with Crippen molar-refractivity contribution in [2.45, 2.75) is 32.7 Å². The lowest BCUT2D eigenvalue weighted by atomic mass is 10.1. The zero-order valence-corrected chi connectivity index (χ0v) is 9.51. The van der Waals surface area contributed by atoms with Crippen LogP contribution in [0.25, 0.3) is 0 Å². The van der Waals surface area contributed by atoms with Gasteiger partial charge in [-0.05, 0) is 44.4 Å². The predicted molar refractivity (Wildman–Crippen MR) is 63.2 cm³/mol. The summed E-state index contributed by atoms with van der Waals surface area (Å²) in [6, 6.07) is 0.636. The number of hydrogen-bond acceptors (Lipinski definition) is 3. The van der Waals surface area contributed by atoms with Gasteiger partial charge in [-0.3, -0.25) is 4.98 Å². The van der Waals surface area contributed by atoms with E-state index in [1.54, 1.807) is 0 Å². The van der Waals surface area contributed by atoms with E-state index in [2.05, 4.69) is 29.5 Å². The van der Waals surface area contributed by atoms with Crippen molar-refractivity contribution in [1.29, 1.82) is 0 Å². The molecule has 1 unspecified atom stereocenters. The maximum atomic E-state index is 4.17. The second kappa shape index (κ2) is 4.62. The van der Waals surface area contributed by atoms with E-state index in [1.807, 2.05) is 12.4 Å². The fraction of sp³-hybridized carbons (Fsp3) is 0.583. The number of nitrogens with zero attached hydrogens (tertiary/aromatic N) is 1. The molecule has 0 bridgehead atoms. The van der Waals surface area contributed by atoms with E-state index >= 15 is 0 Å². The van der Waals surface area contributed by atoms with Crippen molar-refractivity contribution in [2.24, 2.45) is 0 Å². The minimum Gasteiger partial charge on any atom is -0.383 e. The molecule has 1 fully saturated rings. The van der Waals surface area contributed by atoms with Crippen molar-refractivity contribution >= 4 is 5.69 Å². The molecule has 1 atom stereocenters. The third-order valence-electron chi connectivity index (χ3n) is 3.01. The van der Waals surface area contributed by atoms with Gasteiger partial charge in [-0.1, -0.05) is 0 Å². The quantitative estimate of drug-likeness (QED) is 0.791. The smallest absolute Gasteiger partial charge is 0.0431 e. The largest absolute Gasteiger partial charge is 0.383 e. The summed E-state index contributed by atoms with van der Waals surface area (Å²) in [7, 11) is 0. The average Bonchev–Trinajstić information content (AvgIpc) is 2.70. The molecule has 82 valence electrons. The summed E-state index contributed by atoms with van der Waals surface area (Å²) >= 11 is 0. The Bertz CT molecular complexity index is 309. The van der Waals surface area contributed by atoms with Gasteiger partial charge in [0.1, 0.15) is 0 Å². The first kappa shape index (κ1) is 10.4. The fourth-order valence-electron chi connectivity index (χ4n) is 2.14. The zero-order valence-electron chi connectivity index (χ0n) is 9.51. The lowest BCUT2D eigenvalue weighted by Crippen LogP contribution is -2.29. The highest BCUT2D eigenvalue weighted by atomic mass is 15.0. The van der Waals surface area contributed by atoms with Crippen LogP contribution < -0.4 is 10.6 Å². The molecule has 0 saturated carbocycles. The molecule has 3 heteroatoms. The van der Waals surface area contributed by atoms with Crippen molar-refractivity contribution in [2.75, 3.05) is 18.4 Å². The first-order valence-corrected chi connectivity index (χ1v) is 5.66. The number of aromatic nitrogens is 1. The highest BCUT2D eigenvalue weighted by Gasteiger charge is 2.13. The average molecular weight is 205 g/mol. The van der Waals surface area contributed by atoms with Gasteiger partial charge in [0.2, 0.25) is 0 Å². The molecule has 0 radical (unpaired) electrons. The summed E-state index contributed by atoms with van der Waals surface area (Å²) in [5.74, 6) is 0. The van der Waals surface area contributed by atoms with Crippen LogP contribution in [0, 0.1) is 13.8 Å². The molecule has 2 heterocycles. The fourth-order valence-corrected chi connectivity index (χ4v) is 2.14. The van der Waals surface area contributed by atoms with Crippen LogP contribution in [0.4, 0.5) is 5.69 Å². The van der Waals surface area contributed by atoms with Gasteiger partial charge in [-0.15, -0.1) is 0 Å². The Balaban J connectivity index is 1.97. The number of hydrogen-bond donors (Lipinski definition) is 2. The summed E-state index contributed by atoms with van der Waals surface area (Å²) in [6.07, 6.45) is 6.42. The molecule has 1 aliphatic heterocycles. The zero-order chi connectivity index (χ0) is 10.7. The van der Waals surface area contributed by atoms with E-state index in [0.29, 0.717) is 6.04 Å². The molecule has 2 rings (SSSR count). The molecule has 2 N–H and O–H groups in total. The molecule has 15 heavy (non-hydrogen) atoms.